The molecule has 0 saturated carbocycles. The number of carbonyl (C=O) groups excluding carboxylic acids is 1. The second-order valence-electron chi connectivity index (χ2n) is 7.55. The molecule has 0 radical (unpaired) electrons. The number of aryl methyl sites for hydroxylation is 2. The molecule has 2 heterocycles. The summed E-state index contributed by atoms with van der Waals surface area (Å²) in [6.45, 7) is 4.24. The molecule has 0 aliphatic rings. The summed E-state index contributed by atoms with van der Waals surface area (Å²) in [7, 11) is 1.69. The van der Waals surface area contributed by atoms with E-state index in [2.05, 4.69) is 42.3 Å². The number of rotatable bonds is 10. The van der Waals surface area contributed by atoms with E-state index in [0.29, 0.717) is 0 Å². The summed E-state index contributed by atoms with van der Waals surface area (Å²) in [5, 5.41) is 4.34. The molecule has 4 nitrogen and oxygen atoms in total. The Balaban J connectivity index is 1.59. The molecule has 1 N–H and O–H groups in total. The van der Waals surface area contributed by atoms with Crippen LogP contribution in [0.3, 0.4) is 0 Å². The number of ether oxygens (including phenoxy) is 1. The fourth-order valence-corrected chi connectivity index (χ4v) is 4.78. The first-order chi connectivity index (χ1) is 14.6. The first kappa shape index (κ1) is 22.0. The van der Waals surface area contributed by atoms with Gasteiger partial charge in [0.05, 0.1) is 7.11 Å². The molecule has 5 heteroatoms. The predicted molar refractivity (Wildman–Crippen MR) is 126 cm³/mol. The fraction of sp³-hybridized carbons (Fsp3) is 0.360. The van der Waals surface area contributed by atoms with E-state index in [1.807, 2.05) is 24.4 Å². The Bertz CT molecular complexity index is 995. The Labute approximate surface area is 183 Å². The van der Waals surface area contributed by atoms with Crippen molar-refractivity contribution in [2.45, 2.75) is 52.0 Å². The van der Waals surface area contributed by atoms with E-state index in [9.17, 15) is 4.79 Å². The van der Waals surface area contributed by atoms with Crippen LogP contribution in [0.2, 0.25) is 0 Å². The second-order valence-corrected chi connectivity index (χ2v) is 8.64. The highest BCUT2D eigenvalue weighted by Gasteiger charge is 2.11. The third kappa shape index (κ3) is 5.92. The number of fused-ring (bicyclic) bond motifs is 1. The monoisotopic (exact) mass is 422 g/mol. The number of aromatic nitrogens is 1. The van der Waals surface area contributed by atoms with E-state index < -0.39 is 0 Å². The van der Waals surface area contributed by atoms with E-state index in [1.165, 1.54) is 21.2 Å². The molecule has 1 aromatic carbocycles. The summed E-state index contributed by atoms with van der Waals surface area (Å²) < 4.78 is 6.55. The van der Waals surface area contributed by atoms with Gasteiger partial charge in [-0.1, -0.05) is 19.4 Å². The molecule has 1 amide bonds. The largest absolute Gasteiger partial charge is 0.497 e. The number of pyridine rings is 1. The van der Waals surface area contributed by atoms with Crippen molar-refractivity contribution in [2.24, 2.45) is 0 Å². The number of nitrogens with one attached hydrogen (secondary N) is 1. The number of hydrogen-bond donors (Lipinski definition) is 1. The molecule has 158 valence electrons. The zero-order chi connectivity index (χ0) is 21.3. The molecular formula is C25H30N2O2S. The molecule has 0 saturated heterocycles. The summed E-state index contributed by atoms with van der Waals surface area (Å²) in [5.74, 6) is 0.821. The molecule has 1 atom stereocenters. The van der Waals surface area contributed by atoms with Crippen LogP contribution < -0.4 is 10.1 Å². The van der Waals surface area contributed by atoms with Crippen molar-refractivity contribution in [2.75, 3.05) is 7.11 Å². The maximum absolute atomic E-state index is 12.4. The third-order valence-electron chi connectivity index (χ3n) is 5.13. The van der Waals surface area contributed by atoms with Crippen LogP contribution in [-0.4, -0.2) is 24.0 Å². The van der Waals surface area contributed by atoms with E-state index in [-0.39, 0.29) is 11.9 Å². The topological polar surface area (TPSA) is 51.2 Å². The van der Waals surface area contributed by atoms with Gasteiger partial charge >= 0.3 is 0 Å². The number of benzene rings is 1. The lowest BCUT2D eigenvalue weighted by Crippen LogP contribution is -2.31. The van der Waals surface area contributed by atoms with Crippen LogP contribution in [0.5, 0.6) is 5.75 Å². The van der Waals surface area contributed by atoms with Gasteiger partial charge < -0.3 is 10.1 Å². The van der Waals surface area contributed by atoms with Gasteiger partial charge in [-0.25, -0.2) is 0 Å². The molecule has 3 aromatic rings. The van der Waals surface area contributed by atoms with Crippen molar-refractivity contribution in [1.82, 2.24) is 10.3 Å². The lowest BCUT2D eigenvalue weighted by Gasteiger charge is -2.12. The summed E-state index contributed by atoms with van der Waals surface area (Å²) in [6, 6.07) is 10.4. The average molecular weight is 423 g/mol. The standard InChI is InChI=1S/C25H30N2O2S/c1-4-7-21-22-12-11-20(29-3)16-24(22)30-23(21)13-14-25(28)27-18(2)8-5-9-19-10-6-15-26-17-19/h6,10-18H,4-5,7-9H2,1-3H3,(H,27,28)/t18-/m1/s1. The van der Waals surface area contributed by atoms with Crippen molar-refractivity contribution in [3.8, 4) is 5.75 Å². The molecule has 0 aliphatic carbocycles. The second kappa shape index (κ2) is 10.9. The number of thiophene rings is 1. The minimum absolute atomic E-state index is 0.0404. The Morgan fingerprint density at radius 3 is 2.90 bits per heavy atom. The molecule has 2 aromatic heterocycles. The van der Waals surface area contributed by atoms with Gasteiger partial charge in [0.25, 0.3) is 0 Å². The number of carbonyl (C=O) groups is 1. The average Bonchev–Trinajstić information content (AvgIpc) is 3.10. The number of amides is 1. The summed E-state index contributed by atoms with van der Waals surface area (Å²) >= 11 is 1.71. The van der Waals surface area contributed by atoms with E-state index in [0.717, 1.165) is 42.7 Å². The van der Waals surface area contributed by atoms with Crippen molar-refractivity contribution in [3.63, 3.8) is 0 Å². The normalized spacial score (nSPS) is 12.4. The van der Waals surface area contributed by atoms with E-state index in [4.69, 9.17) is 4.74 Å². The highest BCUT2D eigenvalue weighted by Crippen LogP contribution is 2.35. The van der Waals surface area contributed by atoms with Gasteiger partial charge in [0.2, 0.25) is 5.91 Å². The Morgan fingerprint density at radius 1 is 1.30 bits per heavy atom. The molecule has 0 aliphatic heterocycles. The number of nitrogens with zero attached hydrogens (tertiary/aromatic N) is 1. The minimum Gasteiger partial charge on any atom is -0.497 e. The molecule has 0 spiro atoms. The van der Waals surface area contributed by atoms with Crippen LogP contribution in [0.1, 0.15) is 49.1 Å². The fourth-order valence-electron chi connectivity index (χ4n) is 3.59. The van der Waals surface area contributed by atoms with Crippen molar-refractivity contribution in [1.29, 1.82) is 0 Å². The molecule has 3 rings (SSSR count). The number of hydrogen-bond acceptors (Lipinski definition) is 4. The summed E-state index contributed by atoms with van der Waals surface area (Å²) in [6.07, 6.45) is 12.3. The minimum atomic E-state index is -0.0404. The lowest BCUT2D eigenvalue weighted by atomic mass is 10.1. The molecule has 30 heavy (non-hydrogen) atoms. The first-order valence-corrected chi connectivity index (χ1v) is 11.4. The van der Waals surface area contributed by atoms with E-state index in [1.54, 1.807) is 30.7 Å². The summed E-state index contributed by atoms with van der Waals surface area (Å²) in [4.78, 5) is 17.7. The molecular weight excluding hydrogens is 392 g/mol. The Hall–Kier alpha value is -2.66. The lowest BCUT2D eigenvalue weighted by molar-refractivity contribution is -0.117. The van der Waals surface area contributed by atoms with Crippen LogP contribution in [-0.2, 0) is 17.6 Å². The Kier molecular flexibility index (Phi) is 8.03. The van der Waals surface area contributed by atoms with Crippen molar-refractivity contribution >= 4 is 33.4 Å². The van der Waals surface area contributed by atoms with Gasteiger partial charge in [0.15, 0.2) is 0 Å². The smallest absolute Gasteiger partial charge is 0.244 e. The van der Waals surface area contributed by atoms with Gasteiger partial charge in [-0.05, 0) is 79.5 Å². The summed E-state index contributed by atoms with van der Waals surface area (Å²) in [5.41, 5.74) is 2.55. The van der Waals surface area contributed by atoms with Crippen LogP contribution in [0, 0.1) is 0 Å². The maximum atomic E-state index is 12.4. The van der Waals surface area contributed by atoms with Crippen LogP contribution in [0.15, 0.2) is 48.8 Å². The molecule has 0 unspecified atom stereocenters. The van der Waals surface area contributed by atoms with Gasteiger partial charge in [0, 0.05) is 34.1 Å². The van der Waals surface area contributed by atoms with Crippen LogP contribution in [0.25, 0.3) is 16.2 Å². The van der Waals surface area contributed by atoms with Gasteiger partial charge in [-0.2, -0.15) is 0 Å². The quantitative estimate of drug-likeness (QED) is 0.420. The maximum Gasteiger partial charge on any atom is 0.244 e. The van der Waals surface area contributed by atoms with Crippen LogP contribution >= 0.6 is 11.3 Å². The van der Waals surface area contributed by atoms with Gasteiger partial charge in [-0.3, -0.25) is 9.78 Å². The van der Waals surface area contributed by atoms with Crippen LogP contribution in [0.4, 0.5) is 0 Å². The van der Waals surface area contributed by atoms with Crippen molar-refractivity contribution in [3.05, 3.63) is 64.8 Å². The molecule has 0 fully saturated rings. The number of methoxy groups -OCH3 is 1. The van der Waals surface area contributed by atoms with Gasteiger partial charge in [0.1, 0.15) is 5.75 Å². The zero-order valence-electron chi connectivity index (χ0n) is 18.0. The predicted octanol–water partition coefficient (Wildman–Crippen LogP) is 5.80. The van der Waals surface area contributed by atoms with E-state index >= 15 is 0 Å². The SMILES string of the molecule is CCCc1c(C=CC(=O)N[C@H](C)CCCc2cccnc2)sc2cc(OC)ccc12. The zero-order valence-corrected chi connectivity index (χ0v) is 18.8. The Morgan fingerprint density at radius 2 is 2.17 bits per heavy atom. The first-order valence-electron chi connectivity index (χ1n) is 10.6. The third-order valence-corrected chi connectivity index (χ3v) is 6.29. The van der Waals surface area contributed by atoms with Gasteiger partial charge in [-0.15, -0.1) is 11.3 Å². The van der Waals surface area contributed by atoms with Crippen molar-refractivity contribution < 1.29 is 9.53 Å². The highest BCUT2D eigenvalue weighted by atomic mass is 32.1. The highest BCUT2D eigenvalue weighted by molar-refractivity contribution is 7.20. The molecule has 0 bridgehead atoms.